The number of hydrogen-bond donors (Lipinski definition) is 2. The number of amides is 3. The van der Waals surface area contributed by atoms with E-state index in [2.05, 4.69) is 12.2 Å². The van der Waals surface area contributed by atoms with Gasteiger partial charge in [0.25, 0.3) is 5.91 Å². The van der Waals surface area contributed by atoms with Gasteiger partial charge in [-0.2, -0.15) is 0 Å². The molecule has 2 N–H and O–H groups in total. The second kappa shape index (κ2) is 8.17. The Kier molecular flexibility index (Phi) is 6.08. The SMILES string of the molecule is CC1CCC2(CC1)NC(=O)N(C[C@@H](O)CO[C@H](C)c1ccc(Cl)cc1)C2=O. The molecule has 6 nitrogen and oxygen atoms in total. The first-order chi connectivity index (χ1) is 12.8. The Labute approximate surface area is 164 Å². The molecule has 1 aromatic carbocycles. The van der Waals surface area contributed by atoms with Crippen molar-refractivity contribution in [2.75, 3.05) is 13.2 Å². The number of β-amino-alcohol motifs (C(OH)–C–C–N with tert-alkyl or cyclic N) is 1. The lowest BCUT2D eigenvalue weighted by atomic mass is 9.77. The maximum atomic E-state index is 12.8. The van der Waals surface area contributed by atoms with Crippen LogP contribution in [0.4, 0.5) is 4.79 Å². The molecule has 2 atom stereocenters. The fourth-order valence-corrected chi connectivity index (χ4v) is 3.91. The molecule has 27 heavy (non-hydrogen) atoms. The summed E-state index contributed by atoms with van der Waals surface area (Å²) in [4.78, 5) is 26.2. The van der Waals surface area contributed by atoms with E-state index in [4.69, 9.17) is 16.3 Å². The average molecular weight is 395 g/mol. The van der Waals surface area contributed by atoms with Gasteiger partial charge in [0, 0.05) is 5.02 Å². The van der Waals surface area contributed by atoms with Gasteiger partial charge in [0.15, 0.2) is 0 Å². The van der Waals surface area contributed by atoms with Crippen LogP contribution in [0.25, 0.3) is 0 Å². The van der Waals surface area contributed by atoms with Crippen molar-refractivity contribution in [3.05, 3.63) is 34.9 Å². The lowest BCUT2D eigenvalue weighted by molar-refractivity contribution is -0.134. The van der Waals surface area contributed by atoms with Crippen molar-refractivity contribution >= 4 is 23.5 Å². The van der Waals surface area contributed by atoms with Crippen molar-refractivity contribution < 1.29 is 19.4 Å². The highest BCUT2D eigenvalue weighted by atomic mass is 35.5. The summed E-state index contributed by atoms with van der Waals surface area (Å²) >= 11 is 5.88. The quantitative estimate of drug-likeness (QED) is 0.726. The molecule has 3 rings (SSSR count). The summed E-state index contributed by atoms with van der Waals surface area (Å²) in [5.41, 5.74) is 0.165. The number of ether oxygens (including phenoxy) is 1. The van der Waals surface area contributed by atoms with E-state index < -0.39 is 17.7 Å². The van der Waals surface area contributed by atoms with Crippen LogP contribution in [0.5, 0.6) is 0 Å². The van der Waals surface area contributed by atoms with Crippen LogP contribution in [0.15, 0.2) is 24.3 Å². The van der Waals surface area contributed by atoms with Crippen LogP contribution in [0.2, 0.25) is 5.02 Å². The van der Waals surface area contributed by atoms with Gasteiger partial charge in [-0.15, -0.1) is 0 Å². The number of rotatable bonds is 6. The molecule has 0 radical (unpaired) electrons. The molecule has 1 aliphatic carbocycles. The van der Waals surface area contributed by atoms with Gasteiger partial charge >= 0.3 is 6.03 Å². The Morgan fingerprint density at radius 1 is 1.30 bits per heavy atom. The number of nitrogens with one attached hydrogen (secondary N) is 1. The fraction of sp³-hybridized carbons (Fsp3) is 0.600. The summed E-state index contributed by atoms with van der Waals surface area (Å²) in [6.45, 7) is 4.01. The van der Waals surface area contributed by atoms with Crippen molar-refractivity contribution in [2.24, 2.45) is 5.92 Å². The van der Waals surface area contributed by atoms with Gasteiger partial charge in [0.1, 0.15) is 5.54 Å². The van der Waals surface area contributed by atoms with Crippen molar-refractivity contribution in [1.29, 1.82) is 0 Å². The summed E-state index contributed by atoms with van der Waals surface area (Å²) in [7, 11) is 0. The summed E-state index contributed by atoms with van der Waals surface area (Å²) < 4.78 is 5.70. The number of carbonyl (C=O) groups is 2. The molecule has 0 aromatic heterocycles. The first-order valence-electron chi connectivity index (χ1n) is 9.50. The smallest absolute Gasteiger partial charge is 0.325 e. The van der Waals surface area contributed by atoms with Gasteiger partial charge in [-0.25, -0.2) is 4.79 Å². The maximum absolute atomic E-state index is 12.8. The Morgan fingerprint density at radius 3 is 2.56 bits per heavy atom. The van der Waals surface area contributed by atoms with E-state index in [0.717, 1.165) is 23.3 Å². The standard InChI is InChI=1S/C20H27ClN2O4/c1-13-7-9-20(10-8-13)18(25)23(19(26)22-20)11-17(24)12-27-14(2)15-3-5-16(21)6-4-15/h3-6,13-14,17,24H,7-12H2,1-2H3,(H,22,26)/t13?,14-,17-,20?/m1/s1. The van der Waals surface area contributed by atoms with Crippen molar-refractivity contribution in [2.45, 2.75) is 57.3 Å². The number of nitrogens with zero attached hydrogens (tertiary/aromatic N) is 1. The van der Waals surface area contributed by atoms with Crippen molar-refractivity contribution in [1.82, 2.24) is 10.2 Å². The second-order valence-corrected chi connectivity index (χ2v) is 8.23. The van der Waals surface area contributed by atoms with E-state index in [-0.39, 0.29) is 25.2 Å². The summed E-state index contributed by atoms with van der Waals surface area (Å²) in [6, 6.07) is 6.88. The van der Waals surface area contributed by atoms with Crippen LogP contribution < -0.4 is 5.32 Å². The zero-order valence-electron chi connectivity index (χ0n) is 15.8. The third-order valence-corrected chi connectivity index (χ3v) is 5.90. The molecule has 0 unspecified atom stereocenters. The predicted octanol–water partition coefficient (Wildman–Crippen LogP) is 3.28. The lowest BCUT2D eigenvalue weighted by Crippen LogP contribution is -2.49. The van der Waals surface area contributed by atoms with Gasteiger partial charge in [-0.3, -0.25) is 9.69 Å². The molecule has 1 spiro atoms. The minimum atomic E-state index is -0.938. The van der Waals surface area contributed by atoms with Gasteiger partial charge in [0.2, 0.25) is 0 Å². The average Bonchev–Trinajstić information content (AvgIpc) is 2.87. The number of imide groups is 1. The first-order valence-corrected chi connectivity index (χ1v) is 9.88. The van der Waals surface area contributed by atoms with E-state index in [1.165, 1.54) is 0 Å². The van der Waals surface area contributed by atoms with Crippen molar-refractivity contribution in [3.63, 3.8) is 0 Å². The third kappa shape index (κ3) is 4.45. The molecule has 2 fully saturated rings. The number of aliphatic hydroxyl groups excluding tert-OH is 1. The van der Waals surface area contributed by atoms with Crippen LogP contribution in [0.1, 0.15) is 51.2 Å². The molecular formula is C20H27ClN2O4. The number of aliphatic hydroxyl groups is 1. The summed E-state index contributed by atoms with van der Waals surface area (Å²) in [5.74, 6) is 0.354. The summed E-state index contributed by atoms with van der Waals surface area (Å²) in [6.07, 6.45) is 2.00. The molecule has 148 valence electrons. The largest absolute Gasteiger partial charge is 0.389 e. The third-order valence-electron chi connectivity index (χ3n) is 5.65. The lowest BCUT2D eigenvalue weighted by Gasteiger charge is -2.33. The Morgan fingerprint density at radius 2 is 1.93 bits per heavy atom. The normalized spacial score (nSPS) is 27.7. The number of urea groups is 1. The topological polar surface area (TPSA) is 78.9 Å². The number of hydrogen-bond acceptors (Lipinski definition) is 4. The highest BCUT2D eigenvalue weighted by Crippen LogP contribution is 2.36. The highest BCUT2D eigenvalue weighted by Gasteiger charge is 2.52. The van der Waals surface area contributed by atoms with Crippen molar-refractivity contribution in [3.8, 4) is 0 Å². The second-order valence-electron chi connectivity index (χ2n) is 7.79. The monoisotopic (exact) mass is 394 g/mol. The first kappa shape index (κ1) is 20.1. The fourth-order valence-electron chi connectivity index (χ4n) is 3.78. The molecule has 1 saturated carbocycles. The Bertz CT molecular complexity index is 686. The van der Waals surface area contributed by atoms with E-state index in [0.29, 0.717) is 23.8 Å². The zero-order valence-corrected chi connectivity index (χ0v) is 16.5. The minimum Gasteiger partial charge on any atom is -0.389 e. The zero-order chi connectivity index (χ0) is 19.6. The van der Waals surface area contributed by atoms with Gasteiger partial charge in [0.05, 0.1) is 25.4 Å². The van der Waals surface area contributed by atoms with Crippen LogP contribution in [-0.4, -0.2) is 46.7 Å². The molecule has 1 aromatic rings. The van der Waals surface area contributed by atoms with E-state index in [1.807, 2.05) is 19.1 Å². The van der Waals surface area contributed by atoms with Crippen LogP contribution in [0.3, 0.4) is 0 Å². The van der Waals surface area contributed by atoms with Gasteiger partial charge < -0.3 is 15.2 Å². The number of benzene rings is 1. The summed E-state index contributed by atoms with van der Waals surface area (Å²) in [5, 5.41) is 13.8. The van der Waals surface area contributed by atoms with Gasteiger partial charge in [-0.05, 0) is 56.2 Å². The highest BCUT2D eigenvalue weighted by molar-refractivity contribution is 6.30. The molecule has 0 bridgehead atoms. The van der Waals surface area contributed by atoms with E-state index >= 15 is 0 Å². The molecular weight excluding hydrogens is 368 g/mol. The van der Waals surface area contributed by atoms with E-state index in [1.54, 1.807) is 12.1 Å². The predicted molar refractivity (Wildman–Crippen MR) is 102 cm³/mol. The Balaban J connectivity index is 1.53. The molecule has 7 heteroatoms. The minimum absolute atomic E-state index is 0.0326. The molecule has 3 amide bonds. The van der Waals surface area contributed by atoms with Crippen LogP contribution in [0, 0.1) is 5.92 Å². The molecule has 1 aliphatic heterocycles. The number of carbonyl (C=O) groups excluding carboxylic acids is 2. The van der Waals surface area contributed by atoms with Crippen LogP contribution in [-0.2, 0) is 9.53 Å². The maximum Gasteiger partial charge on any atom is 0.325 e. The molecule has 2 aliphatic rings. The molecule has 1 saturated heterocycles. The molecule has 1 heterocycles. The van der Waals surface area contributed by atoms with Crippen LogP contribution >= 0.6 is 11.6 Å². The van der Waals surface area contributed by atoms with Gasteiger partial charge in [-0.1, -0.05) is 30.7 Å². The Hall–Kier alpha value is -1.63. The van der Waals surface area contributed by atoms with E-state index in [9.17, 15) is 14.7 Å². The number of halogens is 1.